The van der Waals surface area contributed by atoms with Crippen LogP contribution in [0.4, 0.5) is 11.4 Å². The topological polar surface area (TPSA) is 84.9 Å². The smallest absolute Gasteiger partial charge is 0.264 e. The third kappa shape index (κ3) is 6.22. The molecule has 10 heteroatoms. The van der Waals surface area contributed by atoms with Gasteiger partial charge in [0.15, 0.2) is 17.2 Å². The van der Waals surface area contributed by atoms with Gasteiger partial charge in [-0.15, -0.1) is 0 Å². The summed E-state index contributed by atoms with van der Waals surface area (Å²) in [4.78, 5) is 13.4. The number of nitrogens with one attached hydrogen (secondary N) is 1. The van der Waals surface area contributed by atoms with E-state index in [0.29, 0.717) is 38.5 Å². The second-order valence-corrected chi connectivity index (χ2v) is 10.9. The fourth-order valence-electron chi connectivity index (χ4n) is 3.75. The third-order valence-electron chi connectivity index (χ3n) is 5.55. The van der Waals surface area contributed by atoms with Crippen molar-refractivity contribution in [3.63, 3.8) is 0 Å². The lowest BCUT2D eigenvalue weighted by Gasteiger charge is -2.26. The van der Waals surface area contributed by atoms with Crippen LogP contribution in [0.1, 0.15) is 5.56 Å². The number of nitrogens with zero attached hydrogens (tertiary/aromatic N) is 1. The highest BCUT2D eigenvalue weighted by Crippen LogP contribution is 2.36. The van der Waals surface area contributed by atoms with Crippen LogP contribution in [0.5, 0.6) is 17.2 Å². The van der Waals surface area contributed by atoms with Crippen molar-refractivity contribution >= 4 is 50.5 Å². The Bertz CT molecular complexity index is 1560. The Morgan fingerprint density at radius 1 is 0.842 bits per heavy atom. The van der Waals surface area contributed by atoms with Crippen LogP contribution in [0.3, 0.4) is 0 Å². The monoisotopic (exact) mass is 570 g/mol. The molecule has 1 N–H and O–H groups in total. The van der Waals surface area contributed by atoms with Gasteiger partial charge in [0, 0.05) is 10.0 Å². The Morgan fingerprint density at radius 2 is 1.47 bits per heavy atom. The number of aryl methyl sites for hydroxylation is 1. The summed E-state index contributed by atoms with van der Waals surface area (Å²) in [5, 5.41) is 3.55. The van der Waals surface area contributed by atoms with Gasteiger partial charge in [-0.3, -0.25) is 9.10 Å². The summed E-state index contributed by atoms with van der Waals surface area (Å²) >= 11 is 12.3. The highest BCUT2D eigenvalue weighted by molar-refractivity contribution is 7.92. The van der Waals surface area contributed by atoms with E-state index in [9.17, 15) is 13.2 Å². The molecule has 4 aromatic rings. The number of para-hydroxylation sites is 2. The summed E-state index contributed by atoms with van der Waals surface area (Å²) in [6.07, 6.45) is 0. The van der Waals surface area contributed by atoms with Crippen molar-refractivity contribution in [2.24, 2.45) is 0 Å². The minimum Gasteiger partial charge on any atom is -0.493 e. The molecule has 0 aliphatic rings. The lowest BCUT2D eigenvalue weighted by Crippen LogP contribution is -2.38. The Morgan fingerprint density at radius 3 is 2.16 bits per heavy atom. The van der Waals surface area contributed by atoms with Crippen molar-refractivity contribution in [2.75, 3.05) is 23.3 Å². The Kier molecular flexibility index (Phi) is 8.46. The summed E-state index contributed by atoms with van der Waals surface area (Å²) in [7, 11) is -2.58. The molecule has 0 aromatic heterocycles. The standard InChI is InChI=1S/C28H24Cl2N2O5S/c1-19-16-20(29)12-14-24(19)32(38(34,35)22-8-4-3-5-9-22)18-28(33)31-23-17-21(30)13-15-25(23)37-27-11-7-6-10-26(27)36-2/h3-17H,18H2,1-2H3,(H,31,33). The largest absolute Gasteiger partial charge is 0.493 e. The van der Waals surface area contributed by atoms with Crippen LogP contribution in [0.2, 0.25) is 10.0 Å². The number of sulfonamides is 1. The molecule has 0 aliphatic heterocycles. The number of hydrogen-bond donors (Lipinski definition) is 1. The van der Waals surface area contributed by atoms with Crippen molar-refractivity contribution in [1.29, 1.82) is 0 Å². The molecule has 0 fully saturated rings. The van der Waals surface area contributed by atoms with Gasteiger partial charge in [0.05, 0.1) is 23.4 Å². The zero-order valence-electron chi connectivity index (χ0n) is 20.5. The van der Waals surface area contributed by atoms with E-state index in [1.165, 1.54) is 25.3 Å². The lowest BCUT2D eigenvalue weighted by molar-refractivity contribution is -0.114. The van der Waals surface area contributed by atoms with Gasteiger partial charge in [0.2, 0.25) is 5.91 Å². The number of benzene rings is 4. The molecule has 0 radical (unpaired) electrons. The zero-order chi connectivity index (χ0) is 27.3. The molecular weight excluding hydrogens is 547 g/mol. The number of anilines is 2. The number of amides is 1. The first-order valence-corrected chi connectivity index (χ1v) is 13.6. The molecule has 4 rings (SSSR count). The van der Waals surface area contributed by atoms with E-state index in [0.717, 1.165) is 4.31 Å². The van der Waals surface area contributed by atoms with Crippen molar-refractivity contribution in [1.82, 2.24) is 0 Å². The van der Waals surface area contributed by atoms with Crippen LogP contribution in [-0.4, -0.2) is 28.0 Å². The highest BCUT2D eigenvalue weighted by Gasteiger charge is 2.28. The van der Waals surface area contributed by atoms with E-state index in [1.54, 1.807) is 79.7 Å². The first-order valence-electron chi connectivity index (χ1n) is 11.4. The fourth-order valence-corrected chi connectivity index (χ4v) is 5.65. The number of methoxy groups -OCH3 is 1. The van der Waals surface area contributed by atoms with E-state index in [1.807, 2.05) is 0 Å². The van der Waals surface area contributed by atoms with Gasteiger partial charge in [-0.2, -0.15) is 0 Å². The third-order valence-corrected chi connectivity index (χ3v) is 7.79. The van der Waals surface area contributed by atoms with Crippen molar-refractivity contribution in [3.8, 4) is 17.2 Å². The SMILES string of the molecule is COc1ccccc1Oc1ccc(Cl)cc1NC(=O)CN(c1ccc(Cl)cc1C)S(=O)(=O)c1ccccc1. The average molecular weight is 571 g/mol. The predicted molar refractivity (Wildman–Crippen MR) is 150 cm³/mol. The molecular formula is C28H24Cl2N2O5S. The molecule has 0 saturated carbocycles. The van der Waals surface area contributed by atoms with Gasteiger partial charge in [-0.05, 0) is 73.2 Å². The Hall–Kier alpha value is -3.72. The first kappa shape index (κ1) is 27.3. The van der Waals surface area contributed by atoms with E-state index >= 15 is 0 Å². The first-order chi connectivity index (χ1) is 18.2. The number of hydrogen-bond acceptors (Lipinski definition) is 5. The van der Waals surface area contributed by atoms with E-state index in [2.05, 4.69) is 5.32 Å². The van der Waals surface area contributed by atoms with Gasteiger partial charge in [0.1, 0.15) is 6.54 Å². The van der Waals surface area contributed by atoms with Crippen LogP contribution < -0.4 is 19.1 Å². The molecule has 0 spiro atoms. The number of halogens is 2. The second-order valence-electron chi connectivity index (χ2n) is 8.20. The molecule has 196 valence electrons. The van der Waals surface area contributed by atoms with Crippen LogP contribution in [0.15, 0.2) is 95.9 Å². The van der Waals surface area contributed by atoms with Gasteiger partial charge in [-0.25, -0.2) is 8.42 Å². The summed E-state index contributed by atoms with van der Waals surface area (Å²) in [6.45, 7) is 1.21. The summed E-state index contributed by atoms with van der Waals surface area (Å²) in [5.41, 5.74) is 1.18. The fraction of sp³-hybridized carbons (Fsp3) is 0.107. The normalized spacial score (nSPS) is 11.1. The minimum atomic E-state index is -4.10. The van der Waals surface area contributed by atoms with Crippen LogP contribution in [0.25, 0.3) is 0 Å². The summed E-state index contributed by atoms with van der Waals surface area (Å²) < 4.78 is 39.7. The summed E-state index contributed by atoms with van der Waals surface area (Å²) in [6, 6.07) is 24.5. The number of carbonyl (C=O) groups is 1. The van der Waals surface area contributed by atoms with E-state index in [4.69, 9.17) is 32.7 Å². The molecule has 0 saturated heterocycles. The van der Waals surface area contributed by atoms with Crippen LogP contribution in [0, 0.1) is 6.92 Å². The van der Waals surface area contributed by atoms with E-state index in [-0.39, 0.29) is 10.6 Å². The molecule has 0 aliphatic carbocycles. The maximum absolute atomic E-state index is 13.6. The quantitative estimate of drug-likeness (QED) is 0.235. The molecule has 38 heavy (non-hydrogen) atoms. The van der Waals surface area contributed by atoms with Gasteiger partial charge in [0.25, 0.3) is 10.0 Å². The number of carbonyl (C=O) groups excluding carboxylic acids is 1. The Balaban J connectivity index is 1.67. The highest BCUT2D eigenvalue weighted by atomic mass is 35.5. The maximum Gasteiger partial charge on any atom is 0.264 e. The van der Waals surface area contributed by atoms with Gasteiger partial charge >= 0.3 is 0 Å². The van der Waals surface area contributed by atoms with Crippen LogP contribution >= 0.6 is 23.2 Å². The van der Waals surface area contributed by atoms with Gasteiger partial charge in [-0.1, -0.05) is 53.5 Å². The van der Waals surface area contributed by atoms with Crippen molar-refractivity contribution < 1.29 is 22.7 Å². The van der Waals surface area contributed by atoms with Crippen molar-refractivity contribution in [2.45, 2.75) is 11.8 Å². The molecule has 0 bridgehead atoms. The molecule has 0 unspecified atom stereocenters. The number of ether oxygens (including phenoxy) is 2. The average Bonchev–Trinajstić information content (AvgIpc) is 2.90. The lowest BCUT2D eigenvalue weighted by atomic mass is 10.2. The molecule has 1 amide bonds. The predicted octanol–water partition coefficient (Wildman–Crippen LogP) is 6.94. The van der Waals surface area contributed by atoms with E-state index < -0.39 is 22.5 Å². The molecule has 4 aromatic carbocycles. The number of rotatable bonds is 9. The summed E-state index contributed by atoms with van der Waals surface area (Å²) in [5.74, 6) is 0.620. The van der Waals surface area contributed by atoms with Crippen LogP contribution in [-0.2, 0) is 14.8 Å². The second kappa shape index (κ2) is 11.8. The molecule has 0 heterocycles. The maximum atomic E-state index is 13.6. The zero-order valence-corrected chi connectivity index (χ0v) is 22.8. The Labute approximate surface area is 231 Å². The van der Waals surface area contributed by atoms with Gasteiger partial charge < -0.3 is 14.8 Å². The molecule has 7 nitrogen and oxygen atoms in total. The minimum absolute atomic E-state index is 0.0464. The molecule has 0 atom stereocenters. The van der Waals surface area contributed by atoms with Crippen molar-refractivity contribution in [3.05, 3.63) is 107 Å².